The lowest BCUT2D eigenvalue weighted by Crippen LogP contribution is -2.43. The van der Waals surface area contributed by atoms with Crippen LogP contribution in [0.15, 0.2) is 6.07 Å². The van der Waals surface area contributed by atoms with Crippen molar-refractivity contribution in [3.63, 3.8) is 0 Å². The Hall–Kier alpha value is -1.04. The van der Waals surface area contributed by atoms with Gasteiger partial charge in [0, 0.05) is 11.4 Å². The fraction of sp³-hybridized carbons (Fsp3) is 0.667. The summed E-state index contributed by atoms with van der Waals surface area (Å²) < 4.78 is 38.2. The van der Waals surface area contributed by atoms with E-state index in [-0.39, 0.29) is 12.0 Å². The first-order valence-corrected chi connectivity index (χ1v) is 7.70. The Kier molecular flexibility index (Phi) is 5.47. The first-order chi connectivity index (χ1) is 9.43. The molecule has 120 valence electrons. The SMILES string of the molecule is CCc1sc(C(=O)N(CC(C)(C)C)CC(F)(F)F)cc1C. The van der Waals surface area contributed by atoms with Gasteiger partial charge in [0.25, 0.3) is 5.91 Å². The number of nitrogens with zero attached hydrogens (tertiary/aromatic N) is 1. The highest BCUT2D eigenvalue weighted by atomic mass is 32.1. The number of alkyl halides is 3. The van der Waals surface area contributed by atoms with E-state index >= 15 is 0 Å². The lowest BCUT2D eigenvalue weighted by atomic mass is 9.96. The van der Waals surface area contributed by atoms with Crippen molar-refractivity contribution in [3.8, 4) is 0 Å². The van der Waals surface area contributed by atoms with Crippen LogP contribution in [0.4, 0.5) is 13.2 Å². The number of aryl methyl sites for hydroxylation is 2. The van der Waals surface area contributed by atoms with Gasteiger partial charge in [-0.05, 0) is 30.4 Å². The molecule has 0 N–H and O–H groups in total. The standard InChI is InChI=1S/C15H22F3NOS/c1-6-11-10(2)7-12(21-11)13(20)19(8-14(3,4)5)9-15(16,17)18/h7H,6,8-9H2,1-5H3. The number of carbonyl (C=O) groups excluding carboxylic acids is 1. The second-order valence-electron chi connectivity index (χ2n) is 6.41. The summed E-state index contributed by atoms with van der Waals surface area (Å²) in [6.07, 6.45) is -3.61. The van der Waals surface area contributed by atoms with E-state index in [1.54, 1.807) is 6.07 Å². The average molecular weight is 321 g/mol. The minimum Gasteiger partial charge on any atom is -0.328 e. The smallest absolute Gasteiger partial charge is 0.328 e. The molecular formula is C15H22F3NOS. The summed E-state index contributed by atoms with van der Waals surface area (Å²) in [6, 6.07) is 1.69. The summed E-state index contributed by atoms with van der Waals surface area (Å²) in [6.45, 7) is 8.17. The van der Waals surface area contributed by atoms with E-state index in [4.69, 9.17) is 0 Å². The molecule has 1 heterocycles. The van der Waals surface area contributed by atoms with Crippen molar-refractivity contribution in [2.75, 3.05) is 13.1 Å². The van der Waals surface area contributed by atoms with Gasteiger partial charge in [-0.15, -0.1) is 11.3 Å². The van der Waals surface area contributed by atoms with Gasteiger partial charge >= 0.3 is 6.18 Å². The van der Waals surface area contributed by atoms with Crippen molar-refractivity contribution in [2.45, 2.75) is 47.2 Å². The summed E-state index contributed by atoms with van der Waals surface area (Å²) in [5, 5.41) is 0. The lowest BCUT2D eigenvalue weighted by Gasteiger charge is -2.30. The van der Waals surface area contributed by atoms with E-state index < -0.39 is 18.6 Å². The molecule has 0 spiro atoms. The molecule has 1 aromatic heterocycles. The molecule has 0 atom stereocenters. The predicted molar refractivity (Wildman–Crippen MR) is 79.8 cm³/mol. The van der Waals surface area contributed by atoms with Gasteiger partial charge in [0.05, 0.1) is 4.88 Å². The summed E-state index contributed by atoms with van der Waals surface area (Å²) >= 11 is 1.29. The summed E-state index contributed by atoms with van der Waals surface area (Å²) in [5.74, 6) is -0.532. The Morgan fingerprint density at radius 1 is 1.24 bits per heavy atom. The third-order valence-electron chi connectivity index (χ3n) is 2.88. The molecule has 1 amide bonds. The molecule has 1 aromatic rings. The lowest BCUT2D eigenvalue weighted by molar-refractivity contribution is -0.142. The Morgan fingerprint density at radius 3 is 2.19 bits per heavy atom. The first kappa shape index (κ1) is 18.0. The van der Waals surface area contributed by atoms with Crippen LogP contribution < -0.4 is 0 Å². The largest absolute Gasteiger partial charge is 0.406 e. The minimum atomic E-state index is -4.39. The molecule has 6 heteroatoms. The third kappa shape index (κ3) is 5.69. The van der Waals surface area contributed by atoms with Crippen molar-refractivity contribution < 1.29 is 18.0 Å². The van der Waals surface area contributed by atoms with Crippen LogP contribution in [0.3, 0.4) is 0 Å². The summed E-state index contributed by atoms with van der Waals surface area (Å²) in [4.78, 5) is 14.8. The molecule has 2 nitrogen and oxygen atoms in total. The summed E-state index contributed by atoms with van der Waals surface area (Å²) in [7, 11) is 0. The molecule has 0 unspecified atom stereocenters. The maximum Gasteiger partial charge on any atom is 0.406 e. The zero-order chi connectivity index (χ0) is 16.4. The monoisotopic (exact) mass is 321 g/mol. The van der Waals surface area contributed by atoms with E-state index in [2.05, 4.69) is 0 Å². The van der Waals surface area contributed by atoms with Gasteiger partial charge in [0.15, 0.2) is 0 Å². The van der Waals surface area contributed by atoms with Gasteiger partial charge in [0.1, 0.15) is 6.54 Å². The Bertz CT molecular complexity index is 484. The number of halogens is 3. The quantitative estimate of drug-likeness (QED) is 0.789. The van der Waals surface area contributed by atoms with Crippen LogP contribution >= 0.6 is 11.3 Å². The van der Waals surface area contributed by atoms with Crippen LogP contribution in [0.1, 0.15) is 47.8 Å². The second-order valence-corrected chi connectivity index (χ2v) is 7.54. The van der Waals surface area contributed by atoms with Crippen molar-refractivity contribution in [3.05, 3.63) is 21.4 Å². The van der Waals surface area contributed by atoms with Crippen molar-refractivity contribution in [1.82, 2.24) is 4.90 Å². The van der Waals surface area contributed by atoms with Gasteiger partial charge in [-0.1, -0.05) is 27.7 Å². The van der Waals surface area contributed by atoms with Gasteiger partial charge in [-0.25, -0.2) is 0 Å². The number of carbonyl (C=O) groups is 1. The van der Waals surface area contributed by atoms with Crippen LogP contribution in [-0.2, 0) is 6.42 Å². The molecule has 21 heavy (non-hydrogen) atoms. The summed E-state index contributed by atoms with van der Waals surface area (Å²) in [5.41, 5.74) is 0.578. The number of hydrogen-bond donors (Lipinski definition) is 0. The Morgan fingerprint density at radius 2 is 1.81 bits per heavy atom. The number of thiophene rings is 1. The van der Waals surface area contributed by atoms with Crippen LogP contribution in [-0.4, -0.2) is 30.1 Å². The van der Waals surface area contributed by atoms with Crippen molar-refractivity contribution in [2.24, 2.45) is 5.41 Å². The molecule has 0 bridgehead atoms. The highest BCUT2D eigenvalue weighted by Crippen LogP contribution is 2.27. The Labute approximate surface area is 128 Å². The molecule has 0 fully saturated rings. The van der Waals surface area contributed by atoms with Crippen molar-refractivity contribution in [1.29, 1.82) is 0 Å². The van der Waals surface area contributed by atoms with Gasteiger partial charge in [-0.2, -0.15) is 13.2 Å². The third-order valence-corrected chi connectivity index (χ3v) is 4.24. The maximum atomic E-state index is 12.7. The molecule has 1 rings (SSSR count). The van der Waals surface area contributed by atoms with E-state index in [0.717, 1.165) is 21.8 Å². The molecule has 0 aliphatic carbocycles. The number of rotatable bonds is 4. The van der Waals surface area contributed by atoms with Crippen molar-refractivity contribution >= 4 is 17.2 Å². The molecule has 0 saturated heterocycles. The maximum absolute atomic E-state index is 12.7. The average Bonchev–Trinajstić information content (AvgIpc) is 2.65. The van der Waals surface area contributed by atoms with Gasteiger partial charge in [-0.3, -0.25) is 4.79 Å². The highest BCUT2D eigenvalue weighted by Gasteiger charge is 2.35. The molecule has 0 radical (unpaired) electrons. The van der Waals surface area contributed by atoms with E-state index in [1.165, 1.54) is 11.3 Å². The molecule has 0 aliphatic rings. The van der Waals surface area contributed by atoms with E-state index in [1.807, 2.05) is 34.6 Å². The van der Waals surface area contributed by atoms with Crippen LogP contribution in [0.2, 0.25) is 0 Å². The topological polar surface area (TPSA) is 20.3 Å². The molecule has 0 aliphatic heterocycles. The predicted octanol–water partition coefficient (Wildman–Crippen LogP) is 4.67. The van der Waals surface area contributed by atoms with Gasteiger partial charge < -0.3 is 4.90 Å². The van der Waals surface area contributed by atoms with Crippen LogP contribution in [0, 0.1) is 12.3 Å². The number of amides is 1. The highest BCUT2D eigenvalue weighted by molar-refractivity contribution is 7.14. The molecular weight excluding hydrogens is 299 g/mol. The minimum absolute atomic E-state index is 0.0732. The van der Waals surface area contributed by atoms with Gasteiger partial charge in [0.2, 0.25) is 0 Å². The normalized spacial score (nSPS) is 12.6. The first-order valence-electron chi connectivity index (χ1n) is 6.88. The van der Waals surface area contributed by atoms with E-state index in [0.29, 0.717) is 4.88 Å². The Balaban J connectivity index is 3.03. The van der Waals surface area contributed by atoms with E-state index in [9.17, 15) is 18.0 Å². The second kappa shape index (κ2) is 6.38. The molecule has 0 saturated carbocycles. The van der Waals surface area contributed by atoms with Crippen LogP contribution in [0.25, 0.3) is 0 Å². The molecule has 0 aromatic carbocycles. The fourth-order valence-corrected chi connectivity index (χ4v) is 3.20. The zero-order valence-corrected chi connectivity index (χ0v) is 13.9. The number of hydrogen-bond acceptors (Lipinski definition) is 2. The fourth-order valence-electron chi connectivity index (χ4n) is 2.12. The zero-order valence-electron chi connectivity index (χ0n) is 13.1. The van der Waals surface area contributed by atoms with Crippen LogP contribution in [0.5, 0.6) is 0 Å².